The van der Waals surface area contributed by atoms with Gasteiger partial charge >= 0.3 is 0 Å². The van der Waals surface area contributed by atoms with Crippen molar-refractivity contribution in [2.24, 2.45) is 5.92 Å². The van der Waals surface area contributed by atoms with E-state index in [-0.39, 0.29) is 24.5 Å². The summed E-state index contributed by atoms with van der Waals surface area (Å²) in [5.74, 6) is -0.182. The van der Waals surface area contributed by atoms with Gasteiger partial charge in [0, 0.05) is 29.7 Å². The highest BCUT2D eigenvalue weighted by atomic mass is 16.3. The fourth-order valence-electron chi connectivity index (χ4n) is 4.20. The first kappa shape index (κ1) is 16.4. The molecule has 25 heavy (non-hydrogen) atoms. The fraction of sp³-hybridized carbons (Fsp3) is 0.450. The molecular formula is C20H25N3O2. The van der Waals surface area contributed by atoms with Crippen molar-refractivity contribution in [3.05, 3.63) is 41.6 Å². The summed E-state index contributed by atoms with van der Waals surface area (Å²) >= 11 is 0. The molecule has 0 spiro atoms. The third-order valence-corrected chi connectivity index (χ3v) is 5.66. The molecule has 3 atom stereocenters. The molecular weight excluding hydrogens is 314 g/mol. The number of rotatable bonds is 4. The number of likely N-dealkylation sites (N-methyl/N-ethyl adjacent to an activating group) is 1. The molecule has 0 unspecified atom stereocenters. The van der Waals surface area contributed by atoms with Gasteiger partial charge in [0.05, 0.1) is 18.6 Å². The first-order valence-corrected chi connectivity index (χ1v) is 9.05. The van der Waals surface area contributed by atoms with Crippen LogP contribution in [-0.2, 0) is 11.2 Å². The zero-order chi connectivity index (χ0) is 17.6. The average Bonchev–Trinajstić information content (AvgIpc) is 3.04. The molecule has 1 aliphatic heterocycles. The minimum Gasteiger partial charge on any atom is -0.394 e. The van der Waals surface area contributed by atoms with Crippen LogP contribution in [0.1, 0.15) is 24.5 Å². The lowest BCUT2D eigenvalue weighted by Crippen LogP contribution is -2.48. The third-order valence-electron chi connectivity index (χ3n) is 5.66. The number of carbonyl (C=O) groups is 1. The molecule has 0 radical (unpaired) electrons. The van der Waals surface area contributed by atoms with Crippen molar-refractivity contribution in [2.75, 3.05) is 20.2 Å². The summed E-state index contributed by atoms with van der Waals surface area (Å²) < 4.78 is 0. The Morgan fingerprint density at radius 2 is 2.32 bits per heavy atom. The number of aromatic nitrogens is 1. The van der Waals surface area contributed by atoms with Gasteiger partial charge in [-0.1, -0.05) is 25.1 Å². The number of aliphatic hydroxyl groups excluding tert-OH is 1. The SMILES string of the molecule is CC[C@@H](CO)NC(=O)[C@H]1C=C2c3cccc4[nH]cc(c34)C[C@@H]2N(C)C1. The summed E-state index contributed by atoms with van der Waals surface area (Å²) in [6.07, 6.45) is 5.97. The Labute approximate surface area is 147 Å². The number of nitrogens with zero attached hydrogens (tertiary/aromatic N) is 1. The quantitative estimate of drug-likeness (QED) is 0.797. The van der Waals surface area contributed by atoms with Gasteiger partial charge in [-0.2, -0.15) is 0 Å². The standard InChI is InChI=1S/C20H25N3O2/c1-3-14(11-24)22-20(25)13-7-16-15-5-4-6-17-19(15)12(9-21-17)8-18(16)23(2)10-13/h4-7,9,13-14,18,21,24H,3,8,10-11H2,1-2H3,(H,22,25)/t13-,14-,18-/m0/s1. The van der Waals surface area contributed by atoms with Crippen LogP contribution in [0.15, 0.2) is 30.5 Å². The van der Waals surface area contributed by atoms with Gasteiger partial charge < -0.3 is 15.4 Å². The van der Waals surface area contributed by atoms with Gasteiger partial charge in [-0.25, -0.2) is 0 Å². The number of amides is 1. The molecule has 0 saturated heterocycles. The van der Waals surface area contributed by atoms with E-state index in [1.165, 1.54) is 22.1 Å². The molecule has 1 amide bonds. The largest absolute Gasteiger partial charge is 0.394 e. The summed E-state index contributed by atoms with van der Waals surface area (Å²) in [5, 5.41) is 13.6. The van der Waals surface area contributed by atoms with Crippen LogP contribution < -0.4 is 5.32 Å². The van der Waals surface area contributed by atoms with E-state index in [4.69, 9.17) is 0 Å². The van der Waals surface area contributed by atoms with Crippen LogP contribution in [-0.4, -0.2) is 53.2 Å². The number of aliphatic hydroxyl groups is 1. The van der Waals surface area contributed by atoms with Crippen molar-refractivity contribution in [1.29, 1.82) is 0 Å². The fourth-order valence-corrected chi connectivity index (χ4v) is 4.20. The maximum absolute atomic E-state index is 12.7. The van der Waals surface area contributed by atoms with E-state index < -0.39 is 0 Å². The second kappa shape index (κ2) is 6.32. The normalized spacial score (nSPS) is 23.9. The highest BCUT2D eigenvalue weighted by Gasteiger charge is 2.35. The molecule has 0 fully saturated rings. The van der Waals surface area contributed by atoms with Crippen molar-refractivity contribution < 1.29 is 9.90 Å². The molecule has 5 heteroatoms. The topological polar surface area (TPSA) is 68.4 Å². The van der Waals surface area contributed by atoms with Crippen molar-refractivity contribution in [2.45, 2.75) is 31.8 Å². The molecule has 2 heterocycles. The summed E-state index contributed by atoms with van der Waals surface area (Å²) in [6.45, 7) is 2.66. The first-order chi connectivity index (χ1) is 12.1. The Kier molecular flexibility index (Phi) is 4.13. The van der Waals surface area contributed by atoms with E-state index in [0.29, 0.717) is 12.6 Å². The van der Waals surface area contributed by atoms with Gasteiger partial charge in [0.2, 0.25) is 5.91 Å². The monoisotopic (exact) mass is 339 g/mol. The van der Waals surface area contributed by atoms with Crippen molar-refractivity contribution in [3.63, 3.8) is 0 Å². The number of hydrogen-bond acceptors (Lipinski definition) is 3. The van der Waals surface area contributed by atoms with Gasteiger partial charge in [0.25, 0.3) is 0 Å². The molecule has 4 rings (SSSR count). The first-order valence-electron chi connectivity index (χ1n) is 9.05. The van der Waals surface area contributed by atoms with Crippen LogP contribution in [0, 0.1) is 5.92 Å². The molecule has 1 aliphatic carbocycles. The molecule has 1 aromatic heterocycles. The summed E-state index contributed by atoms with van der Waals surface area (Å²) in [7, 11) is 2.10. The minimum absolute atomic E-state index is 0.00532. The molecule has 3 N–H and O–H groups in total. The van der Waals surface area contributed by atoms with E-state index in [2.05, 4.69) is 52.7 Å². The van der Waals surface area contributed by atoms with Gasteiger partial charge in [-0.15, -0.1) is 0 Å². The summed E-state index contributed by atoms with van der Waals surface area (Å²) in [6, 6.07) is 6.49. The third kappa shape index (κ3) is 2.68. The molecule has 2 aliphatic rings. The van der Waals surface area contributed by atoms with E-state index >= 15 is 0 Å². The summed E-state index contributed by atoms with van der Waals surface area (Å²) in [4.78, 5) is 18.3. The Morgan fingerprint density at radius 3 is 3.08 bits per heavy atom. The van der Waals surface area contributed by atoms with Crippen LogP contribution in [0.4, 0.5) is 0 Å². The zero-order valence-electron chi connectivity index (χ0n) is 14.7. The van der Waals surface area contributed by atoms with Crippen molar-refractivity contribution in [1.82, 2.24) is 15.2 Å². The highest BCUT2D eigenvalue weighted by molar-refractivity contribution is 5.99. The minimum atomic E-state index is -0.187. The number of H-pyrrole nitrogens is 1. The predicted molar refractivity (Wildman–Crippen MR) is 99.2 cm³/mol. The lowest BCUT2D eigenvalue weighted by molar-refractivity contribution is -0.125. The maximum Gasteiger partial charge on any atom is 0.228 e. The molecule has 0 saturated carbocycles. The number of fused-ring (bicyclic) bond motifs is 2. The molecule has 5 nitrogen and oxygen atoms in total. The average molecular weight is 339 g/mol. The predicted octanol–water partition coefficient (Wildman–Crippen LogP) is 1.92. The number of carbonyl (C=O) groups excluding carboxylic acids is 1. The number of hydrogen-bond donors (Lipinski definition) is 3. The van der Waals surface area contributed by atoms with E-state index in [9.17, 15) is 9.90 Å². The lowest BCUT2D eigenvalue weighted by atomic mass is 9.80. The Morgan fingerprint density at radius 1 is 1.48 bits per heavy atom. The molecule has 132 valence electrons. The van der Waals surface area contributed by atoms with Crippen LogP contribution in [0.3, 0.4) is 0 Å². The highest BCUT2D eigenvalue weighted by Crippen LogP contribution is 2.40. The van der Waals surface area contributed by atoms with Crippen LogP contribution in [0.2, 0.25) is 0 Å². The van der Waals surface area contributed by atoms with Gasteiger partial charge in [-0.05, 0) is 42.7 Å². The van der Waals surface area contributed by atoms with Crippen LogP contribution in [0.5, 0.6) is 0 Å². The lowest BCUT2D eigenvalue weighted by Gasteiger charge is -2.39. The summed E-state index contributed by atoms with van der Waals surface area (Å²) in [5.41, 5.74) is 5.01. The van der Waals surface area contributed by atoms with Gasteiger partial charge in [0.1, 0.15) is 0 Å². The smallest absolute Gasteiger partial charge is 0.228 e. The van der Waals surface area contributed by atoms with E-state index in [0.717, 1.165) is 18.4 Å². The van der Waals surface area contributed by atoms with E-state index in [1.54, 1.807) is 0 Å². The second-order valence-corrected chi connectivity index (χ2v) is 7.23. The van der Waals surface area contributed by atoms with Gasteiger partial charge in [0.15, 0.2) is 0 Å². The number of aromatic amines is 1. The Hall–Kier alpha value is -2.11. The number of benzene rings is 1. The Balaban J connectivity index is 1.71. The maximum atomic E-state index is 12.7. The molecule has 1 aromatic carbocycles. The Bertz CT molecular complexity index is 835. The number of nitrogens with one attached hydrogen (secondary N) is 2. The van der Waals surface area contributed by atoms with Crippen LogP contribution in [0.25, 0.3) is 16.5 Å². The van der Waals surface area contributed by atoms with Crippen LogP contribution >= 0.6 is 0 Å². The van der Waals surface area contributed by atoms with Crippen molar-refractivity contribution >= 4 is 22.4 Å². The van der Waals surface area contributed by atoms with Crippen molar-refractivity contribution in [3.8, 4) is 0 Å². The molecule has 0 bridgehead atoms. The van der Waals surface area contributed by atoms with E-state index in [1.807, 2.05) is 6.92 Å². The second-order valence-electron chi connectivity index (χ2n) is 7.23. The zero-order valence-corrected chi connectivity index (χ0v) is 14.7. The molecule has 2 aromatic rings. The van der Waals surface area contributed by atoms with Gasteiger partial charge in [-0.3, -0.25) is 9.69 Å².